The number of nitrogens with one attached hydrogen (secondary N) is 1. The van der Waals surface area contributed by atoms with E-state index in [2.05, 4.69) is 5.32 Å². The second-order valence-electron chi connectivity index (χ2n) is 4.57. The lowest BCUT2D eigenvalue weighted by molar-refractivity contribution is 0.200. The van der Waals surface area contributed by atoms with Crippen LogP contribution in [0.2, 0.25) is 0 Å². The first-order valence-corrected chi connectivity index (χ1v) is 8.12. The molecule has 3 N–H and O–H groups in total. The summed E-state index contributed by atoms with van der Waals surface area (Å²) in [6.45, 7) is 0.375. The zero-order valence-electron chi connectivity index (χ0n) is 11.7. The Morgan fingerprint density at radius 1 is 1.05 bits per heavy atom. The number of carbonyl (C=O) groups excluding carboxylic acids is 1. The second-order valence-corrected chi connectivity index (χ2v) is 6.13. The van der Waals surface area contributed by atoms with Crippen molar-refractivity contribution in [1.29, 1.82) is 0 Å². The van der Waals surface area contributed by atoms with Crippen molar-refractivity contribution in [2.75, 3.05) is 6.54 Å². The molecule has 0 saturated carbocycles. The summed E-state index contributed by atoms with van der Waals surface area (Å²) in [5.74, 6) is 0.470. The molecule has 0 unspecified atom stereocenters. The predicted octanol–water partition coefficient (Wildman–Crippen LogP) is 1.67. The number of hydrogen-bond acceptors (Lipinski definition) is 4. The Bertz CT molecular complexity index is 728. The van der Waals surface area contributed by atoms with Gasteiger partial charge in [0, 0.05) is 6.54 Å². The standard InChI is InChI=1S/C15H16N2O4S/c16-22(19,20)14-8-6-12(7-9-14)10-11-17-15(18)21-13-4-2-1-3-5-13/h1-9H,10-11H2,(H,17,18)(H2,16,19,20). The Kier molecular flexibility index (Phi) is 5.13. The summed E-state index contributed by atoms with van der Waals surface area (Å²) in [6, 6.07) is 14.9. The summed E-state index contributed by atoms with van der Waals surface area (Å²) in [6.07, 6.45) is 0.0155. The van der Waals surface area contributed by atoms with Gasteiger partial charge in [0.1, 0.15) is 5.75 Å². The number of ether oxygens (including phenoxy) is 1. The molecule has 0 radical (unpaired) electrons. The Hall–Kier alpha value is -2.38. The monoisotopic (exact) mass is 320 g/mol. The first-order valence-electron chi connectivity index (χ1n) is 6.57. The smallest absolute Gasteiger partial charge is 0.410 e. The molecule has 0 aromatic heterocycles. The summed E-state index contributed by atoms with van der Waals surface area (Å²) < 4.78 is 27.3. The van der Waals surface area contributed by atoms with E-state index in [0.29, 0.717) is 18.7 Å². The molecule has 0 bridgehead atoms. The van der Waals surface area contributed by atoms with Crippen molar-refractivity contribution in [3.05, 3.63) is 60.2 Å². The predicted molar refractivity (Wildman–Crippen MR) is 82.0 cm³/mol. The summed E-state index contributed by atoms with van der Waals surface area (Å²) in [4.78, 5) is 11.6. The first-order chi connectivity index (χ1) is 10.4. The Morgan fingerprint density at radius 3 is 2.27 bits per heavy atom. The Labute approximate surface area is 129 Å². The van der Waals surface area contributed by atoms with Gasteiger partial charge in [-0.25, -0.2) is 18.4 Å². The van der Waals surface area contributed by atoms with E-state index in [4.69, 9.17) is 9.88 Å². The molecule has 0 fully saturated rings. The van der Waals surface area contributed by atoms with Crippen LogP contribution in [0.3, 0.4) is 0 Å². The van der Waals surface area contributed by atoms with Gasteiger partial charge < -0.3 is 10.1 Å². The average molecular weight is 320 g/mol. The molecule has 0 atom stereocenters. The van der Waals surface area contributed by atoms with E-state index < -0.39 is 16.1 Å². The number of primary sulfonamides is 1. The maximum Gasteiger partial charge on any atom is 0.412 e. The van der Waals surface area contributed by atoms with Gasteiger partial charge in [-0.1, -0.05) is 30.3 Å². The maximum atomic E-state index is 11.6. The summed E-state index contributed by atoms with van der Waals surface area (Å²) in [7, 11) is -3.68. The van der Waals surface area contributed by atoms with E-state index in [1.165, 1.54) is 12.1 Å². The van der Waals surface area contributed by atoms with Crippen LogP contribution < -0.4 is 15.2 Å². The molecule has 116 valence electrons. The number of hydrogen-bond donors (Lipinski definition) is 2. The highest BCUT2D eigenvalue weighted by molar-refractivity contribution is 7.89. The van der Waals surface area contributed by atoms with Gasteiger partial charge in [0.25, 0.3) is 0 Å². The molecule has 1 amide bonds. The maximum absolute atomic E-state index is 11.6. The quantitative estimate of drug-likeness (QED) is 0.875. The van der Waals surface area contributed by atoms with E-state index in [1.807, 2.05) is 6.07 Å². The molecular weight excluding hydrogens is 304 g/mol. The summed E-state index contributed by atoms with van der Waals surface area (Å²) >= 11 is 0. The van der Waals surface area contributed by atoms with Crippen LogP contribution >= 0.6 is 0 Å². The van der Waals surface area contributed by atoms with Crippen LogP contribution in [-0.2, 0) is 16.4 Å². The van der Waals surface area contributed by atoms with Gasteiger partial charge in [-0.3, -0.25) is 0 Å². The number of benzene rings is 2. The van der Waals surface area contributed by atoms with Crippen LogP contribution in [0.1, 0.15) is 5.56 Å². The molecule has 2 aromatic carbocycles. The molecule has 0 heterocycles. The third-order valence-corrected chi connectivity index (χ3v) is 3.82. The van der Waals surface area contributed by atoms with Crippen molar-refractivity contribution >= 4 is 16.1 Å². The lowest BCUT2D eigenvalue weighted by atomic mass is 10.1. The van der Waals surface area contributed by atoms with Crippen LogP contribution in [0.15, 0.2) is 59.5 Å². The van der Waals surface area contributed by atoms with E-state index in [9.17, 15) is 13.2 Å². The molecule has 0 aliphatic heterocycles. The number of nitrogens with two attached hydrogens (primary N) is 1. The molecule has 2 aromatic rings. The minimum atomic E-state index is -3.68. The van der Waals surface area contributed by atoms with Crippen LogP contribution in [0.4, 0.5) is 4.79 Å². The van der Waals surface area contributed by atoms with E-state index in [1.54, 1.807) is 36.4 Å². The van der Waals surface area contributed by atoms with Gasteiger partial charge in [-0.15, -0.1) is 0 Å². The van der Waals surface area contributed by atoms with Crippen molar-refractivity contribution in [1.82, 2.24) is 5.32 Å². The fourth-order valence-corrected chi connectivity index (χ4v) is 2.30. The fourth-order valence-electron chi connectivity index (χ4n) is 1.79. The number of rotatable bonds is 5. The van der Waals surface area contributed by atoms with Crippen molar-refractivity contribution in [2.45, 2.75) is 11.3 Å². The highest BCUT2D eigenvalue weighted by atomic mass is 32.2. The van der Waals surface area contributed by atoms with Crippen molar-refractivity contribution < 1.29 is 17.9 Å². The van der Waals surface area contributed by atoms with Crippen molar-refractivity contribution in [3.63, 3.8) is 0 Å². The summed E-state index contributed by atoms with van der Waals surface area (Å²) in [5.41, 5.74) is 0.882. The van der Waals surface area contributed by atoms with Crippen LogP contribution in [0.25, 0.3) is 0 Å². The second kappa shape index (κ2) is 7.06. The number of sulfonamides is 1. The third-order valence-electron chi connectivity index (χ3n) is 2.89. The van der Waals surface area contributed by atoms with E-state index in [0.717, 1.165) is 5.56 Å². The number of amides is 1. The molecule has 22 heavy (non-hydrogen) atoms. The van der Waals surface area contributed by atoms with Gasteiger partial charge in [0.2, 0.25) is 10.0 Å². The molecule has 7 heteroatoms. The lowest BCUT2D eigenvalue weighted by Gasteiger charge is -2.07. The molecular formula is C15H16N2O4S. The highest BCUT2D eigenvalue weighted by Crippen LogP contribution is 2.10. The largest absolute Gasteiger partial charge is 0.412 e. The van der Waals surface area contributed by atoms with E-state index >= 15 is 0 Å². The Balaban J connectivity index is 1.80. The molecule has 0 aliphatic carbocycles. The zero-order chi connectivity index (χ0) is 16.0. The molecule has 0 aliphatic rings. The number of para-hydroxylation sites is 1. The van der Waals surface area contributed by atoms with Crippen LogP contribution in [0.5, 0.6) is 5.75 Å². The van der Waals surface area contributed by atoms with Gasteiger partial charge in [-0.05, 0) is 36.2 Å². The molecule has 0 saturated heterocycles. The lowest BCUT2D eigenvalue weighted by Crippen LogP contribution is -2.28. The van der Waals surface area contributed by atoms with Gasteiger partial charge in [0.15, 0.2) is 0 Å². The fraction of sp³-hybridized carbons (Fsp3) is 0.133. The van der Waals surface area contributed by atoms with Crippen LogP contribution in [-0.4, -0.2) is 21.1 Å². The van der Waals surface area contributed by atoms with E-state index in [-0.39, 0.29) is 4.90 Å². The van der Waals surface area contributed by atoms with Gasteiger partial charge >= 0.3 is 6.09 Å². The number of carbonyl (C=O) groups is 1. The highest BCUT2D eigenvalue weighted by Gasteiger charge is 2.07. The third kappa shape index (κ3) is 4.87. The SMILES string of the molecule is NS(=O)(=O)c1ccc(CCNC(=O)Oc2ccccc2)cc1. The average Bonchev–Trinajstić information content (AvgIpc) is 2.48. The summed E-state index contributed by atoms with van der Waals surface area (Å²) in [5, 5.41) is 7.64. The molecule has 6 nitrogen and oxygen atoms in total. The minimum Gasteiger partial charge on any atom is -0.410 e. The van der Waals surface area contributed by atoms with Crippen molar-refractivity contribution in [2.24, 2.45) is 5.14 Å². The topological polar surface area (TPSA) is 98.5 Å². The minimum absolute atomic E-state index is 0.0627. The Morgan fingerprint density at radius 2 is 1.68 bits per heavy atom. The first kappa shape index (κ1) is 16.0. The normalized spacial score (nSPS) is 11.0. The zero-order valence-corrected chi connectivity index (χ0v) is 12.5. The van der Waals surface area contributed by atoms with Crippen molar-refractivity contribution in [3.8, 4) is 5.75 Å². The molecule has 2 rings (SSSR count). The van der Waals surface area contributed by atoms with Gasteiger partial charge in [0.05, 0.1) is 4.90 Å². The van der Waals surface area contributed by atoms with Gasteiger partial charge in [-0.2, -0.15) is 0 Å². The van der Waals surface area contributed by atoms with Crippen LogP contribution in [0, 0.1) is 0 Å². The molecule has 0 spiro atoms.